The van der Waals surface area contributed by atoms with E-state index in [1.165, 1.54) is 0 Å². The molecule has 0 fully saturated rings. The zero-order chi connectivity index (χ0) is 11.2. The fraction of sp³-hybridized carbons (Fsp3) is 0.167. The summed E-state index contributed by atoms with van der Waals surface area (Å²) in [6.07, 6.45) is 1.03. The van der Waals surface area contributed by atoms with Crippen LogP contribution in [0, 0.1) is 0 Å². The highest BCUT2D eigenvalue weighted by molar-refractivity contribution is 7.90. The second-order valence-corrected chi connectivity index (χ2v) is 4.91. The molecule has 0 aliphatic rings. The largest absolute Gasteiger partial charge is 0.382 e. The summed E-state index contributed by atoms with van der Waals surface area (Å²) < 4.78 is 22.4. The lowest BCUT2D eigenvalue weighted by Crippen LogP contribution is -1.99. The molecule has 8 nitrogen and oxygen atoms in total. The monoisotopic (exact) mass is 228 g/mol. The molecule has 2 heterocycles. The van der Waals surface area contributed by atoms with Crippen molar-refractivity contribution >= 4 is 32.8 Å². The lowest BCUT2D eigenvalue weighted by molar-refractivity contribution is 0.595. The van der Waals surface area contributed by atoms with E-state index in [0.717, 1.165) is 6.26 Å². The van der Waals surface area contributed by atoms with Crippen molar-refractivity contribution < 1.29 is 8.42 Å². The second kappa shape index (κ2) is 2.79. The van der Waals surface area contributed by atoms with Gasteiger partial charge in [0.05, 0.1) is 0 Å². The van der Waals surface area contributed by atoms with E-state index in [9.17, 15) is 8.42 Å². The molecule has 80 valence electrons. The highest BCUT2D eigenvalue weighted by atomic mass is 32.2. The summed E-state index contributed by atoms with van der Waals surface area (Å²) in [6.45, 7) is 0. The Morgan fingerprint density at radius 2 is 1.87 bits per heavy atom. The average Bonchev–Trinajstić information content (AvgIpc) is 2.46. The van der Waals surface area contributed by atoms with Crippen LogP contribution in [0.4, 0.5) is 11.8 Å². The SMILES string of the molecule is CS(=O)(=O)c1nc2nc(N)nc(N)c2[nH]1. The minimum absolute atomic E-state index is 0.0495. The Morgan fingerprint density at radius 1 is 1.20 bits per heavy atom. The van der Waals surface area contributed by atoms with Gasteiger partial charge in [0.15, 0.2) is 11.5 Å². The first-order valence-corrected chi connectivity index (χ1v) is 5.76. The predicted molar refractivity (Wildman–Crippen MR) is 53.6 cm³/mol. The van der Waals surface area contributed by atoms with Crippen molar-refractivity contribution in [1.82, 2.24) is 19.9 Å². The number of nitrogen functional groups attached to an aromatic ring is 2. The van der Waals surface area contributed by atoms with Gasteiger partial charge >= 0.3 is 0 Å². The van der Waals surface area contributed by atoms with Crippen molar-refractivity contribution in [3.63, 3.8) is 0 Å². The summed E-state index contributed by atoms with van der Waals surface area (Å²) in [5.74, 6) is 0.0199. The van der Waals surface area contributed by atoms with E-state index < -0.39 is 9.84 Å². The Kier molecular flexibility index (Phi) is 1.80. The van der Waals surface area contributed by atoms with Crippen molar-refractivity contribution in [1.29, 1.82) is 0 Å². The van der Waals surface area contributed by atoms with Gasteiger partial charge in [0, 0.05) is 6.26 Å². The van der Waals surface area contributed by atoms with Gasteiger partial charge < -0.3 is 16.5 Å². The molecule has 15 heavy (non-hydrogen) atoms. The molecule has 0 aromatic carbocycles. The van der Waals surface area contributed by atoms with Gasteiger partial charge in [0.25, 0.3) is 0 Å². The molecule has 0 aliphatic heterocycles. The number of aromatic amines is 1. The zero-order valence-corrected chi connectivity index (χ0v) is 8.54. The smallest absolute Gasteiger partial charge is 0.227 e. The van der Waals surface area contributed by atoms with Crippen molar-refractivity contribution in [2.45, 2.75) is 5.16 Å². The van der Waals surface area contributed by atoms with Gasteiger partial charge in [-0.1, -0.05) is 0 Å². The lowest BCUT2D eigenvalue weighted by Gasteiger charge is -1.94. The molecule has 2 aromatic heterocycles. The highest BCUT2D eigenvalue weighted by Gasteiger charge is 2.16. The third-order valence-electron chi connectivity index (χ3n) is 1.73. The Balaban J connectivity index is 2.82. The van der Waals surface area contributed by atoms with Crippen molar-refractivity contribution in [2.24, 2.45) is 0 Å². The molecular formula is C6H8N6O2S. The number of rotatable bonds is 1. The normalized spacial score (nSPS) is 12.1. The number of aromatic nitrogens is 4. The standard InChI is InChI=1S/C6H8N6O2S/c1-15(13,14)6-9-2-3(7)10-5(8)11-4(2)12-6/h1H3,(H5,7,8,9,10,11,12). The van der Waals surface area contributed by atoms with Gasteiger partial charge in [-0.3, -0.25) is 0 Å². The van der Waals surface area contributed by atoms with E-state index in [4.69, 9.17) is 11.5 Å². The van der Waals surface area contributed by atoms with E-state index >= 15 is 0 Å². The number of imidazole rings is 1. The van der Waals surface area contributed by atoms with Gasteiger partial charge in [-0.05, 0) is 0 Å². The number of hydrogen-bond donors (Lipinski definition) is 3. The number of H-pyrrole nitrogens is 1. The minimum Gasteiger partial charge on any atom is -0.382 e. The van der Waals surface area contributed by atoms with Crippen LogP contribution in [0.15, 0.2) is 5.16 Å². The first kappa shape index (κ1) is 9.65. The van der Waals surface area contributed by atoms with Crippen molar-refractivity contribution in [3.05, 3.63) is 0 Å². The van der Waals surface area contributed by atoms with E-state index in [1.807, 2.05) is 0 Å². The quantitative estimate of drug-likeness (QED) is 0.563. The molecule has 0 unspecified atom stereocenters. The molecule has 0 saturated carbocycles. The number of hydrogen-bond acceptors (Lipinski definition) is 7. The van der Waals surface area contributed by atoms with Crippen LogP contribution < -0.4 is 11.5 Å². The minimum atomic E-state index is -3.43. The van der Waals surface area contributed by atoms with Crippen LogP contribution in [-0.4, -0.2) is 34.6 Å². The van der Waals surface area contributed by atoms with Crippen LogP contribution in [0.2, 0.25) is 0 Å². The number of sulfone groups is 1. The van der Waals surface area contributed by atoms with Gasteiger partial charge in [-0.15, -0.1) is 0 Å². The van der Waals surface area contributed by atoms with E-state index in [2.05, 4.69) is 19.9 Å². The number of nitrogens with zero attached hydrogens (tertiary/aromatic N) is 3. The van der Waals surface area contributed by atoms with Crippen molar-refractivity contribution in [3.8, 4) is 0 Å². The van der Waals surface area contributed by atoms with E-state index in [1.54, 1.807) is 0 Å². The van der Waals surface area contributed by atoms with Crippen LogP contribution in [-0.2, 0) is 9.84 Å². The third kappa shape index (κ3) is 1.56. The fourth-order valence-corrected chi connectivity index (χ4v) is 1.63. The maximum atomic E-state index is 11.2. The summed E-state index contributed by atoms with van der Waals surface area (Å²) in [5, 5.41) is -0.205. The molecule has 0 amide bonds. The van der Waals surface area contributed by atoms with Crippen LogP contribution >= 0.6 is 0 Å². The van der Waals surface area contributed by atoms with E-state index in [0.29, 0.717) is 0 Å². The molecule has 5 N–H and O–H groups in total. The average molecular weight is 228 g/mol. The number of nitrogens with two attached hydrogens (primary N) is 2. The molecule has 0 aliphatic carbocycles. The summed E-state index contributed by atoms with van der Waals surface area (Å²) in [4.78, 5) is 13.7. The number of fused-ring (bicyclic) bond motifs is 1. The van der Waals surface area contributed by atoms with Gasteiger partial charge in [-0.2, -0.15) is 15.0 Å². The maximum absolute atomic E-state index is 11.2. The predicted octanol–water partition coefficient (Wildman–Crippen LogP) is -1.08. The molecule has 0 bridgehead atoms. The summed E-state index contributed by atoms with van der Waals surface area (Å²) in [7, 11) is -3.43. The van der Waals surface area contributed by atoms with Crippen LogP contribution in [0.5, 0.6) is 0 Å². The highest BCUT2D eigenvalue weighted by Crippen LogP contribution is 2.17. The number of nitrogens with one attached hydrogen (secondary N) is 1. The molecule has 2 aromatic rings. The topological polar surface area (TPSA) is 141 Å². The molecule has 0 spiro atoms. The van der Waals surface area contributed by atoms with Crippen LogP contribution in [0.25, 0.3) is 11.2 Å². The zero-order valence-electron chi connectivity index (χ0n) is 7.72. The van der Waals surface area contributed by atoms with E-state index in [-0.39, 0.29) is 28.1 Å². The first-order chi connectivity index (χ1) is 6.88. The summed E-state index contributed by atoms with van der Waals surface area (Å²) in [5.41, 5.74) is 11.3. The van der Waals surface area contributed by atoms with Gasteiger partial charge in [-0.25, -0.2) is 8.42 Å². The van der Waals surface area contributed by atoms with Crippen LogP contribution in [0.3, 0.4) is 0 Å². The fourth-order valence-electron chi connectivity index (χ4n) is 1.09. The van der Waals surface area contributed by atoms with Gasteiger partial charge in [0.2, 0.25) is 20.9 Å². The molecular weight excluding hydrogens is 220 g/mol. The Bertz CT molecular complexity index is 630. The Morgan fingerprint density at radius 3 is 2.47 bits per heavy atom. The van der Waals surface area contributed by atoms with Crippen molar-refractivity contribution in [2.75, 3.05) is 17.7 Å². The second-order valence-electron chi connectivity index (χ2n) is 2.98. The molecule has 2 rings (SSSR count). The lowest BCUT2D eigenvalue weighted by atomic mass is 10.5. The third-order valence-corrected chi connectivity index (χ3v) is 2.62. The Hall–Kier alpha value is -1.90. The molecule has 9 heteroatoms. The molecule has 0 radical (unpaired) electrons. The molecule has 0 atom stereocenters. The Labute approximate surface area is 84.7 Å². The summed E-state index contributed by atoms with van der Waals surface area (Å²) in [6, 6.07) is 0. The molecule has 0 saturated heterocycles. The summed E-state index contributed by atoms with van der Waals surface area (Å²) >= 11 is 0. The number of anilines is 2. The first-order valence-electron chi connectivity index (χ1n) is 3.86. The maximum Gasteiger partial charge on any atom is 0.227 e. The van der Waals surface area contributed by atoms with Crippen LogP contribution in [0.1, 0.15) is 0 Å². The van der Waals surface area contributed by atoms with Gasteiger partial charge in [0.1, 0.15) is 5.52 Å².